The van der Waals surface area contributed by atoms with Crippen LogP contribution in [0.15, 0.2) is 12.3 Å². The Morgan fingerprint density at radius 3 is 2.79 bits per heavy atom. The largest absolute Gasteiger partial charge is 0.390 e. The van der Waals surface area contributed by atoms with E-state index in [4.69, 9.17) is 5.11 Å². The van der Waals surface area contributed by atoms with Crippen molar-refractivity contribution < 1.29 is 5.11 Å². The highest BCUT2D eigenvalue weighted by atomic mass is 16.3. The Bertz CT molecular complexity index is 297. The fraction of sp³-hybridized carbons (Fsp3) is 0.600. The Kier molecular flexibility index (Phi) is 2.93. The topological polar surface area (TPSA) is 49.3 Å². The fourth-order valence-corrected chi connectivity index (χ4v) is 1.72. The maximum Gasteiger partial charge on any atom is 0.225 e. The molecule has 1 aromatic rings. The molecule has 0 radical (unpaired) electrons. The summed E-state index contributed by atoms with van der Waals surface area (Å²) < 4.78 is 0. The zero-order chi connectivity index (χ0) is 9.80. The van der Waals surface area contributed by atoms with E-state index in [1.165, 1.54) is 19.3 Å². The highest BCUT2D eigenvalue weighted by Crippen LogP contribution is 2.15. The second-order valence-corrected chi connectivity index (χ2v) is 3.55. The third-order valence-electron chi connectivity index (χ3n) is 2.50. The Hall–Kier alpha value is -1.16. The van der Waals surface area contributed by atoms with Crippen molar-refractivity contribution in [3.8, 4) is 0 Å². The van der Waals surface area contributed by atoms with Crippen molar-refractivity contribution in [1.29, 1.82) is 0 Å². The van der Waals surface area contributed by atoms with Gasteiger partial charge in [-0.05, 0) is 25.3 Å². The van der Waals surface area contributed by atoms with Crippen molar-refractivity contribution in [2.45, 2.75) is 25.9 Å². The van der Waals surface area contributed by atoms with Crippen LogP contribution >= 0.6 is 0 Å². The number of aromatic nitrogens is 2. The van der Waals surface area contributed by atoms with Crippen LogP contribution in [0.2, 0.25) is 0 Å². The molecular weight excluding hydrogens is 178 g/mol. The van der Waals surface area contributed by atoms with Gasteiger partial charge in [-0.25, -0.2) is 9.97 Å². The van der Waals surface area contributed by atoms with Gasteiger partial charge >= 0.3 is 0 Å². The molecule has 14 heavy (non-hydrogen) atoms. The van der Waals surface area contributed by atoms with Gasteiger partial charge in [0, 0.05) is 19.3 Å². The molecule has 0 bridgehead atoms. The minimum Gasteiger partial charge on any atom is -0.390 e. The average molecular weight is 193 g/mol. The normalized spacial score (nSPS) is 17.1. The number of aliphatic hydroxyl groups excluding tert-OH is 1. The number of aliphatic hydroxyl groups is 1. The summed E-state index contributed by atoms with van der Waals surface area (Å²) in [6.45, 7) is 2.06. The van der Waals surface area contributed by atoms with E-state index >= 15 is 0 Å². The number of hydrogen-bond acceptors (Lipinski definition) is 4. The van der Waals surface area contributed by atoms with Crippen molar-refractivity contribution in [1.82, 2.24) is 9.97 Å². The van der Waals surface area contributed by atoms with E-state index in [1.54, 1.807) is 12.3 Å². The Morgan fingerprint density at radius 1 is 1.29 bits per heavy atom. The molecule has 0 unspecified atom stereocenters. The van der Waals surface area contributed by atoms with Crippen LogP contribution in [-0.2, 0) is 6.61 Å². The number of nitrogens with zero attached hydrogens (tertiary/aromatic N) is 3. The number of rotatable bonds is 2. The molecule has 1 fully saturated rings. The van der Waals surface area contributed by atoms with Crippen molar-refractivity contribution in [3.63, 3.8) is 0 Å². The summed E-state index contributed by atoms with van der Waals surface area (Å²) in [5.41, 5.74) is 0.695. The molecule has 2 rings (SSSR count). The van der Waals surface area contributed by atoms with Crippen molar-refractivity contribution in [2.75, 3.05) is 18.0 Å². The van der Waals surface area contributed by atoms with E-state index in [1.807, 2.05) is 0 Å². The molecule has 0 spiro atoms. The molecular formula is C10H15N3O. The van der Waals surface area contributed by atoms with Crippen molar-refractivity contribution >= 4 is 5.95 Å². The predicted molar refractivity (Wildman–Crippen MR) is 54.0 cm³/mol. The predicted octanol–water partition coefficient (Wildman–Crippen LogP) is 0.959. The van der Waals surface area contributed by atoms with Crippen molar-refractivity contribution in [3.05, 3.63) is 18.0 Å². The summed E-state index contributed by atoms with van der Waals surface area (Å²) in [4.78, 5) is 10.7. The van der Waals surface area contributed by atoms with E-state index in [0.717, 1.165) is 19.0 Å². The molecule has 2 heterocycles. The number of piperidine rings is 1. The average Bonchev–Trinajstić information content (AvgIpc) is 2.30. The zero-order valence-corrected chi connectivity index (χ0v) is 8.19. The third kappa shape index (κ3) is 2.01. The summed E-state index contributed by atoms with van der Waals surface area (Å²) in [6, 6.07) is 1.74. The maximum absolute atomic E-state index is 8.95. The molecule has 1 aliphatic rings. The highest BCUT2D eigenvalue weighted by molar-refractivity contribution is 5.30. The highest BCUT2D eigenvalue weighted by Gasteiger charge is 2.13. The summed E-state index contributed by atoms with van der Waals surface area (Å²) >= 11 is 0. The van der Waals surface area contributed by atoms with E-state index < -0.39 is 0 Å². The molecule has 0 aromatic carbocycles. The molecule has 4 nitrogen and oxygen atoms in total. The SMILES string of the molecule is OCc1ccnc(N2CCCCC2)n1. The summed E-state index contributed by atoms with van der Waals surface area (Å²) in [6.07, 6.45) is 5.44. The first-order valence-electron chi connectivity index (χ1n) is 5.08. The quantitative estimate of drug-likeness (QED) is 0.760. The minimum atomic E-state index is -0.0106. The lowest BCUT2D eigenvalue weighted by molar-refractivity contribution is 0.276. The molecule has 4 heteroatoms. The number of anilines is 1. The fourth-order valence-electron chi connectivity index (χ4n) is 1.72. The Morgan fingerprint density at radius 2 is 2.07 bits per heavy atom. The Balaban J connectivity index is 2.13. The smallest absolute Gasteiger partial charge is 0.225 e. The number of hydrogen-bond donors (Lipinski definition) is 1. The van der Waals surface area contributed by atoms with E-state index in [2.05, 4.69) is 14.9 Å². The summed E-state index contributed by atoms with van der Waals surface area (Å²) in [5, 5.41) is 8.95. The van der Waals surface area contributed by atoms with Crippen LogP contribution in [0.25, 0.3) is 0 Å². The molecule has 1 saturated heterocycles. The van der Waals surface area contributed by atoms with Crippen molar-refractivity contribution in [2.24, 2.45) is 0 Å². The molecule has 1 aromatic heterocycles. The second-order valence-electron chi connectivity index (χ2n) is 3.55. The van der Waals surface area contributed by atoms with Gasteiger partial charge in [-0.15, -0.1) is 0 Å². The van der Waals surface area contributed by atoms with Crippen LogP contribution in [0, 0.1) is 0 Å². The van der Waals surface area contributed by atoms with Crippen LogP contribution < -0.4 is 4.90 Å². The van der Waals surface area contributed by atoms with Crippen LogP contribution in [0.4, 0.5) is 5.95 Å². The molecule has 0 amide bonds. The molecule has 1 aliphatic heterocycles. The minimum absolute atomic E-state index is 0.0106. The monoisotopic (exact) mass is 193 g/mol. The molecule has 1 N–H and O–H groups in total. The first-order chi connectivity index (χ1) is 6.90. The lowest BCUT2D eigenvalue weighted by Crippen LogP contribution is -2.31. The molecule has 76 valence electrons. The van der Waals surface area contributed by atoms with E-state index in [0.29, 0.717) is 5.69 Å². The third-order valence-corrected chi connectivity index (χ3v) is 2.50. The first-order valence-corrected chi connectivity index (χ1v) is 5.08. The summed E-state index contributed by atoms with van der Waals surface area (Å²) in [7, 11) is 0. The van der Waals surface area contributed by atoms with Crippen LogP contribution in [0.1, 0.15) is 25.0 Å². The lowest BCUT2D eigenvalue weighted by Gasteiger charge is -2.26. The lowest BCUT2D eigenvalue weighted by atomic mass is 10.1. The standard InChI is InChI=1S/C10H15N3O/c14-8-9-4-5-11-10(12-9)13-6-2-1-3-7-13/h4-5,14H,1-3,6-8H2. The van der Waals surface area contributed by atoms with Gasteiger partial charge in [0.15, 0.2) is 0 Å². The summed E-state index contributed by atoms with van der Waals surface area (Å²) in [5.74, 6) is 0.760. The first kappa shape index (κ1) is 9.40. The van der Waals surface area contributed by atoms with E-state index in [9.17, 15) is 0 Å². The van der Waals surface area contributed by atoms with Gasteiger partial charge in [0.25, 0.3) is 0 Å². The van der Waals surface area contributed by atoms with Gasteiger partial charge < -0.3 is 10.0 Å². The van der Waals surface area contributed by atoms with Gasteiger partial charge in [0.2, 0.25) is 5.95 Å². The van der Waals surface area contributed by atoms with E-state index in [-0.39, 0.29) is 6.61 Å². The van der Waals surface area contributed by atoms with Crippen LogP contribution in [-0.4, -0.2) is 28.2 Å². The maximum atomic E-state index is 8.95. The molecule has 0 saturated carbocycles. The van der Waals surface area contributed by atoms with Gasteiger partial charge in [-0.2, -0.15) is 0 Å². The second kappa shape index (κ2) is 4.37. The Labute approximate surface area is 83.6 Å². The van der Waals surface area contributed by atoms with Gasteiger partial charge in [0.1, 0.15) is 0 Å². The van der Waals surface area contributed by atoms with Gasteiger partial charge in [-0.3, -0.25) is 0 Å². The molecule has 0 atom stereocenters. The van der Waals surface area contributed by atoms with Gasteiger partial charge in [0.05, 0.1) is 12.3 Å². The zero-order valence-electron chi connectivity index (χ0n) is 8.19. The van der Waals surface area contributed by atoms with Gasteiger partial charge in [-0.1, -0.05) is 0 Å². The molecule has 0 aliphatic carbocycles. The van der Waals surface area contributed by atoms with Crippen LogP contribution in [0.3, 0.4) is 0 Å². The van der Waals surface area contributed by atoms with Crippen LogP contribution in [0.5, 0.6) is 0 Å².